The number of H-pyrrole nitrogens is 1. The van der Waals surface area contributed by atoms with Crippen molar-refractivity contribution in [1.82, 2.24) is 15.2 Å². The van der Waals surface area contributed by atoms with Gasteiger partial charge in [0.2, 0.25) is 0 Å². The first-order valence-electron chi connectivity index (χ1n) is 8.72. The van der Waals surface area contributed by atoms with Crippen LogP contribution < -0.4 is 4.90 Å². The number of rotatable bonds is 5. The van der Waals surface area contributed by atoms with Gasteiger partial charge in [0.1, 0.15) is 11.5 Å². The third kappa shape index (κ3) is 3.15. The van der Waals surface area contributed by atoms with Gasteiger partial charge in [0.25, 0.3) is 11.4 Å². The third-order valence-corrected chi connectivity index (χ3v) is 4.78. The van der Waals surface area contributed by atoms with Gasteiger partial charge in [-0.2, -0.15) is 5.10 Å². The first kappa shape index (κ1) is 17.6. The van der Waals surface area contributed by atoms with Gasteiger partial charge in [0, 0.05) is 18.2 Å². The molecule has 0 spiro atoms. The van der Waals surface area contributed by atoms with Crippen LogP contribution in [-0.4, -0.2) is 31.6 Å². The van der Waals surface area contributed by atoms with Crippen LogP contribution in [-0.2, 0) is 0 Å². The molecule has 1 aromatic heterocycles. The van der Waals surface area contributed by atoms with Crippen molar-refractivity contribution < 1.29 is 9.85 Å². The molecule has 28 heavy (non-hydrogen) atoms. The van der Waals surface area contributed by atoms with Crippen molar-refractivity contribution in [2.75, 3.05) is 11.4 Å². The van der Waals surface area contributed by atoms with Crippen LogP contribution in [0.4, 0.5) is 17.1 Å². The molecule has 1 saturated heterocycles. The Morgan fingerprint density at radius 2 is 1.86 bits per heavy atom. The van der Waals surface area contributed by atoms with Crippen LogP contribution in [0.2, 0.25) is 0 Å². The summed E-state index contributed by atoms with van der Waals surface area (Å²) in [5, 5.41) is 29.7. The highest BCUT2D eigenvalue weighted by molar-refractivity contribution is 5.68. The molecule has 10 heteroatoms. The van der Waals surface area contributed by atoms with Crippen LogP contribution in [0.1, 0.15) is 24.7 Å². The molecule has 2 heterocycles. The zero-order valence-electron chi connectivity index (χ0n) is 14.7. The molecule has 0 unspecified atom stereocenters. The Balaban J connectivity index is 1.69. The summed E-state index contributed by atoms with van der Waals surface area (Å²) < 4.78 is 0. The molecule has 0 amide bonds. The number of non-ortho nitro benzene ring substituents is 1. The molecule has 1 N–H and O–H groups in total. The molecule has 1 aliphatic rings. The number of aromatic nitrogens is 3. The molecule has 1 fully saturated rings. The Morgan fingerprint density at radius 3 is 2.57 bits per heavy atom. The van der Waals surface area contributed by atoms with Gasteiger partial charge in [-0.15, -0.1) is 0 Å². The molecule has 0 radical (unpaired) electrons. The Hall–Kier alpha value is -3.82. The van der Waals surface area contributed by atoms with E-state index in [2.05, 4.69) is 15.2 Å². The lowest BCUT2D eigenvalue weighted by molar-refractivity contribution is -0.393. The highest BCUT2D eigenvalue weighted by Crippen LogP contribution is 2.41. The van der Waals surface area contributed by atoms with E-state index in [4.69, 9.17) is 0 Å². The van der Waals surface area contributed by atoms with E-state index in [9.17, 15) is 20.2 Å². The minimum absolute atomic E-state index is 0.217. The van der Waals surface area contributed by atoms with Crippen molar-refractivity contribution in [2.45, 2.75) is 18.9 Å². The summed E-state index contributed by atoms with van der Waals surface area (Å²) in [7, 11) is 0. The highest BCUT2D eigenvalue weighted by Gasteiger charge is 2.34. The lowest BCUT2D eigenvalue weighted by atomic mass is 10.1. The number of anilines is 1. The van der Waals surface area contributed by atoms with E-state index >= 15 is 0 Å². The zero-order valence-corrected chi connectivity index (χ0v) is 14.7. The molecule has 2 aromatic carbocycles. The second kappa shape index (κ2) is 7.06. The predicted octanol–water partition coefficient (Wildman–Crippen LogP) is 3.63. The van der Waals surface area contributed by atoms with Crippen molar-refractivity contribution >= 4 is 17.1 Å². The van der Waals surface area contributed by atoms with Crippen LogP contribution in [0, 0.1) is 20.2 Å². The smallest absolute Gasteiger partial charge is 0.299 e. The van der Waals surface area contributed by atoms with Gasteiger partial charge in [-0.25, -0.2) is 4.98 Å². The van der Waals surface area contributed by atoms with Gasteiger partial charge in [-0.1, -0.05) is 30.3 Å². The minimum atomic E-state index is -0.638. The van der Waals surface area contributed by atoms with Crippen molar-refractivity contribution in [3.8, 4) is 11.4 Å². The highest BCUT2D eigenvalue weighted by atomic mass is 16.6. The van der Waals surface area contributed by atoms with E-state index in [1.807, 2.05) is 35.2 Å². The van der Waals surface area contributed by atoms with E-state index in [0.717, 1.165) is 24.5 Å². The molecule has 10 nitrogen and oxygen atoms in total. The second-order valence-corrected chi connectivity index (χ2v) is 6.45. The zero-order chi connectivity index (χ0) is 19.7. The summed E-state index contributed by atoms with van der Waals surface area (Å²) in [5.41, 5.74) is 0.618. The molecule has 142 valence electrons. The fraction of sp³-hybridized carbons (Fsp3) is 0.222. The van der Waals surface area contributed by atoms with Crippen molar-refractivity contribution in [3.05, 3.63) is 74.6 Å². The maximum absolute atomic E-state index is 11.5. The van der Waals surface area contributed by atoms with E-state index in [1.54, 1.807) is 0 Å². The second-order valence-electron chi connectivity index (χ2n) is 6.45. The number of nitro benzene ring substituents is 2. The van der Waals surface area contributed by atoms with E-state index in [-0.39, 0.29) is 17.4 Å². The number of hydrogen-bond acceptors (Lipinski definition) is 7. The molecule has 0 aliphatic carbocycles. The number of nitro groups is 2. The lowest BCUT2D eigenvalue weighted by Crippen LogP contribution is -2.24. The maximum atomic E-state index is 11.5. The third-order valence-electron chi connectivity index (χ3n) is 4.78. The van der Waals surface area contributed by atoms with Crippen molar-refractivity contribution in [1.29, 1.82) is 0 Å². The molecule has 0 bridgehead atoms. The van der Waals surface area contributed by atoms with Crippen LogP contribution in [0.3, 0.4) is 0 Å². The number of aromatic amines is 1. The maximum Gasteiger partial charge on any atom is 0.299 e. The van der Waals surface area contributed by atoms with Crippen LogP contribution in [0.15, 0.2) is 48.5 Å². The van der Waals surface area contributed by atoms with E-state index in [0.29, 0.717) is 23.9 Å². The molecule has 1 atom stereocenters. The summed E-state index contributed by atoms with van der Waals surface area (Å²) >= 11 is 0. The Morgan fingerprint density at radius 1 is 1.07 bits per heavy atom. The number of nitrogens with zero attached hydrogens (tertiary/aromatic N) is 5. The molecule has 3 aromatic rings. The van der Waals surface area contributed by atoms with E-state index in [1.165, 1.54) is 12.1 Å². The average Bonchev–Trinajstić information content (AvgIpc) is 3.37. The molecule has 1 aliphatic heterocycles. The average molecular weight is 380 g/mol. The number of nitrogens with one attached hydrogen (secondary N) is 1. The largest absolute Gasteiger partial charge is 0.356 e. The standard InChI is InChI=1S/C18H16N6O4/c25-23(26)13-8-9-14(16(11-13)24(27)28)22-10-4-7-15(22)18-19-17(20-21-18)12-5-2-1-3-6-12/h1-3,5-6,8-9,11,15H,4,7,10H2,(H,19,20,21)/t15-/m0/s1. The van der Waals surface area contributed by atoms with Gasteiger partial charge < -0.3 is 4.90 Å². The summed E-state index contributed by atoms with van der Waals surface area (Å²) in [4.78, 5) is 27.7. The predicted molar refractivity (Wildman–Crippen MR) is 101 cm³/mol. The Labute approximate surface area is 159 Å². The van der Waals surface area contributed by atoms with Crippen molar-refractivity contribution in [2.24, 2.45) is 0 Å². The SMILES string of the molecule is O=[N+]([O-])c1ccc(N2CCC[C@H]2c2nc(-c3ccccc3)n[nH]2)c([N+](=O)[O-])c1. The Kier molecular flexibility index (Phi) is 4.44. The van der Waals surface area contributed by atoms with Gasteiger partial charge >= 0.3 is 0 Å². The fourth-order valence-corrected chi connectivity index (χ4v) is 3.49. The summed E-state index contributed by atoms with van der Waals surface area (Å²) in [6, 6.07) is 13.0. The summed E-state index contributed by atoms with van der Waals surface area (Å²) in [6.45, 7) is 0.588. The lowest BCUT2D eigenvalue weighted by Gasteiger charge is -2.24. The molecular weight excluding hydrogens is 364 g/mol. The van der Waals surface area contributed by atoms with Gasteiger partial charge in [0.15, 0.2) is 5.82 Å². The normalized spacial score (nSPS) is 16.3. The molecule has 0 saturated carbocycles. The number of hydrogen-bond donors (Lipinski definition) is 1. The Bertz CT molecular complexity index is 1040. The van der Waals surface area contributed by atoms with Crippen LogP contribution >= 0.6 is 0 Å². The molecular formula is C18H16N6O4. The van der Waals surface area contributed by atoms with Gasteiger partial charge in [0.05, 0.1) is 22.0 Å². The van der Waals surface area contributed by atoms with E-state index < -0.39 is 9.85 Å². The summed E-state index contributed by atoms with van der Waals surface area (Å²) in [6.07, 6.45) is 1.57. The monoisotopic (exact) mass is 380 g/mol. The van der Waals surface area contributed by atoms with Crippen LogP contribution in [0.25, 0.3) is 11.4 Å². The van der Waals surface area contributed by atoms with Crippen LogP contribution in [0.5, 0.6) is 0 Å². The minimum Gasteiger partial charge on any atom is -0.356 e. The van der Waals surface area contributed by atoms with Gasteiger partial charge in [-0.05, 0) is 18.9 Å². The fourth-order valence-electron chi connectivity index (χ4n) is 3.49. The molecule has 4 rings (SSSR count). The summed E-state index contributed by atoms with van der Waals surface area (Å²) in [5.74, 6) is 1.17. The van der Waals surface area contributed by atoms with Gasteiger partial charge in [-0.3, -0.25) is 25.3 Å². The number of benzene rings is 2. The van der Waals surface area contributed by atoms with Crippen molar-refractivity contribution in [3.63, 3.8) is 0 Å². The first-order valence-corrected chi connectivity index (χ1v) is 8.72. The topological polar surface area (TPSA) is 131 Å². The quantitative estimate of drug-likeness (QED) is 0.528. The first-order chi connectivity index (χ1) is 13.5.